The number of aromatic amines is 1. The van der Waals surface area contributed by atoms with E-state index in [0.717, 1.165) is 24.8 Å². The summed E-state index contributed by atoms with van der Waals surface area (Å²) in [6.07, 6.45) is 4.00. The predicted octanol–water partition coefficient (Wildman–Crippen LogP) is 4.18. The van der Waals surface area contributed by atoms with Gasteiger partial charge in [-0.25, -0.2) is 4.98 Å². The van der Waals surface area contributed by atoms with Crippen molar-refractivity contribution in [2.24, 2.45) is 0 Å². The van der Waals surface area contributed by atoms with Gasteiger partial charge in [-0.05, 0) is 44.4 Å². The zero-order valence-corrected chi connectivity index (χ0v) is 18.4. The van der Waals surface area contributed by atoms with Crippen LogP contribution in [0.1, 0.15) is 68.0 Å². The van der Waals surface area contributed by atoms with Crippen molar-refractivity contribution in [3.05, 3.63) is 48.0 Å². The minimum Gasteiger partial charge on any atom is -0.431 e. The maximum absolute atomic E-state index is 12.4. The Labute approximate surface area is 181 Å². The molecule has 0 saturated heterocycles. The number of carbonyl (C=O) groups is 2. The highest BCUT2D eigenvalue weighted by Gasteiger charge is 2.17. The molecule has 3 rings (SSSR count). The molecule has 0 unspecified atom stereocenters. The lowest BCUT2D eigenvalue weighted by Crippen LogP contribution is -2.33. The first-order chi connectivity index (χ1) is 14.9. The van der Waals surface area contributed by atoms with Gasteiger partial charge in [0.05, 0.1) is 11.9 Å². The van der Waals surface area contributed by atoms with Crippen LogP contribution >= 0.6 is 0 Å². The van der Waals surface area contributed by atoms with Crippen molar-refractivity contribution in [1.82, 2.24) is 25.8 Å². The van der Waals surface area contributed by atoms with E-state index in [1.807, 2.05) is 52.0 Å². The van der Waals surface area contributed by atoms with Gasteiger partial charge in [0, 0.05) is 23.2 Å². The van der Waals surface area contributed by atoms with Crippen molar-refractivity contribution in [1.29, 1.82) is 0 Å². The number of hydrogen-bond acceptors (Lipinski definition) is 5. The number of benzene rings is 1. The van der Waals surface area contributed by atoms with Gasteiger partial charge in [0.15, 0.2) is 0 Å². The highest BCUT2D eigenvalue weighted by Crippen LogP contribution is 2.25. The number of H-pyrrole nitrogens is 1. The molecule has 3 aromatic rings. The van der Waals surface area contributed by atoms with Crippen LogP contribution in [0.2, 0.25) is 0 Å². The van der Waals surface area contributed by atoms with Gasteiger partial charge in [-0.15, -0.1) is 0 Å². The van der Waals surface area contributed by atoms with Gasteiger partial charge in [0.25, 0.3) is 11.8 Å². The Morgan fingerprint density at radius 2 is 1.77 bits per heavy atom. The van der Waals surface area contributed by atoms with E-state index in [1.165, 1.54) is 6.20 Å². The summed E-state index contributed by atoms with van der Waals surface area (Å²) in [7, 11) is 0. The average Bonchev–Trinajstić information content (AvgIpc) is 3.47. The largest absolute Gasteiger partial charge is 0.431 e. The monoisotopic (exact) mass is 423 g/mol. The third kappa shape index (κ3) is 5.39. The molecule has 0 aliphatic rings. The summed E-state index contributed by atoms with van der Waals surface area (Å²) in [6, 6.07) is 9.37. The minimum absolute atomic E-state index is 0.0559. The molecule has 1 atom stereocenters. The molecule has 8 heteroatoms. The molecule has 0 aliphatic carbocycles. The molecule has 3 N–H and O–H groups in total. The maximum atomic E-state index is 12.4. The van der Waals surface area contributed by atoms with Gasteiger partial charge in [-0.1, -0.05) is 32.9 Å². The van der Waals surface area contributed by atoms with Gasteiger partial charge >= 0.3 is 0 Å². The molecule has 2 heterocycles. The SMILES string of the molecule is CCC(CC)NC(=O)c1cc(-c2cccc(-c3ncc(C(=O)N[C@@H](C)CC)o3)c2)n[nH]1. The molecule has 0 fully saturated rings. The molecule has 164 valence electrons. The summed E-state index contributed by atoms with van der Waals surface area (Å²) < 4.78 is 5.66. The van der Waals surface area contributed by atoms with Gasteiger partial charge in [-0.3, -0.25) is 14.7 Å². The Morgan fingerprint density at radius 3 is 2.48 bits per heavy atom. The normalized spacial score (nSPS) is 12.0. The van der Waals surface area contributed by atoms with E-state index in [0.29, 0.717) is 22.8 Å². The molecule has 2 aromatic heterocycles. The minimum atomic E-state index is -0.287. The lowest BCUT2D eigenvalue weighted by Gasteiger charge is -2.13. The molecular weight excluding hydrogens is 394 g/mol. The number of carbonyl (C=O) groups excluding carboxylic acids is 2. The third-order valence-corrected chi connectivity index (χ3v) is 5.27. The van der Waals surface area contributed by atoms with Crippen LogP contribution in [0.25, 0.3) is 22.7 Å². The molecule has 1 aromatic carbocycles. The van der Waals surface area contributed by atoms with E-state index in [1.54, 1.807) is 6.07 Å². The molecule has 0 radical (unpaired) electrons. The number of hydrogen-bond donors (Lipinski definition) is 3. The summed E-state index contributed by atoms with van der Waals surface area (Å²) in [5, 5.41) is 12.9. The quantitative estimate of drug-likeness (QED) is 0.478. The Bertz CT molecular complexity index is 1040. The van der Waals surface area contributed by atoms with Crippen molar-refractivity contribution in [2.75, 3.05) is 0 Å². The molecule has 0 aliphatic heterocycles. The molecule has 0 spiro atoms. The number of nitrogens with zero attached hydrogens (tertiary/aromatic N) is 2. The third-order valence-electron chi connectivity index (χ3n) is 5.27. The van der Waals surface area contributed by atoms with E-state index in [9.17, 15) is 9.59 Å². The first-order valence-electron chi connectivity index (χ1n) is 10.7. The zero-order valence-electron chi connectivity index (χ0n) is 18.4. The van der Waals surface area contributed by atoms with E-state index < -0.39 is 0 Å². The van der Waals surface area contributed by atoms with Crippen molar-refractivity contribution >= 4 is 11.8 Å². The van der Waals surface area contributed by atoms with Crippen LogP contribution in [-0.4, -0.2) is 39.1 Å². The first kappa shape index (κ1) is 22.3. The molecule has 2 amide bonds. The summed E-state index contributed by atoms with van der Waals surface area (Å²) in [6.45, 7) is 8.01. The summed E-state index contributed by atoms with van der Waals surface area (Å²) in [4.78, 5) is 28.9. The van der Waals surface area contributed by atoms with E-state index in [4.69, 9.17) is 4.42 Å². The maximum Gasteiger partial charge on any atom is 0.288 e. The number of amides is 2. The number of nitrogens with one attached hydrogen (secondary N) is 3. The van der Waals surface area contributed by atoms with Crippen LogP contribution < -0.4 is 10.6 Å². The second kappa shape index (κ2) is 10.1. The number of aromatic nitrogens is 3. The van der Waals surface area contributed by atoms with Crippen LogP contribution in [0.3, 0.4) is 0 Å². The van der Waals surface area contributed by atoms with Crippen molar-refractivity contribution in [3.63, 3.8) is 0 Å². The van der Waals surface area contributed by atoms with E-state index in [-0.39, 0.29) is 29.7 Å². The van der Waals surface area contributed by atoms with Crippen molar-refractivity contribution < 1.29 is 14.0 Å². The van der Waals surface area contributed by atoms with Crippen LogP contribution in [0.15, 0.2) is 40.9 Å². The number of oxazole rings is 1. The molecule has 8 nitrogen and oxygen atoms in total. The fourth-order valence-corrected chi connectivity index (χ4v) is 3.06. The fraction of sp³-hybridized carbons (Fsp3) is 0.391. The smallest absolute Gasteiger partial charge is 0.288 e. The second-order valence-electron chi connectivity index (χ2n) is 7.55. The molecule has 0 saturated carbocycles. The zero-order chi connectivity index (χ0) is 22.4. The Balaban J connectivity index is 1.77. The van der Waals surface area contributed by atoms with E-state index >= 15 is 0 Å². The van der Waals surface area contributed by atoms with E-state index in [2.05, 4.69) is 25.8 Å². The molecule has 31 heavy (non-hydrogen) atoms. The second-order valence-corrected chi connectivity index (χ2v) is 7.55. The summed E-state index contributed by atoms with van der Waals surface area (Å²) >= 11 is 0. The van der Waals surface area contributed by atoms with Gasteiger partial charge < -0.3 is 15.1 Å². The molecular formula is C23H29N5O3. The first-order valence-corrected chi connectivity index (χ1v) is 10.7. The highest BCUT2D eigenvalue weighted by atomic mass is 16.4. The predicted molar refractivity (Wildman–Crippen MR) is 119 cm³/mol. The highest BCUT2D eigenvalue weighted by molar-refractivity contribution is 5.93. The summed E-state index contributed by atoms with van der Waals surface area (Å²) in [5.41, 5.74) is 2.57. The molecule has 0 bridgehead atoms. The lowest BCUT2D eigenvalue weighted by atomic mass is 10.1. The Morgan fingerprint density at radius 1 is 1.03 bits per heavy atom. The van der Waals surface area contributed by atoms with Crippen molar-refractivity contribution in [2.45, 2.75) is 59.0 Å². The van der Waals surface area contributed by atoms with Gasteiger partial charge in [0.2, 0.25) is 11.7 Å². The lowest BCUT2D eigenvalue weighted by molar-refractivity contribution is 0.0909. The van der Waals surface area contributed by atoms with Crippen LogP contribution in [0.4, 0.5) is 0 Å². The average molecular weight is 424 g/mol. The Kier molecular flexibility index (Phi) is 7.23. The number of rotatable bonds is 9. The topological polar surface area (TPSA) is 113 Å². The van der Waals surface area contributed by atoms with Gasteiger partial charge in [-0.2, -0.15) is 5.10 Å². The fourth-order valence-electron chi connectivity index (χ4n) is 3.06. The summed E-state index contributed by atoms with van der Waals surface area (Å²) in [5.74, 6) is 0.0529. The standard InChI is InChI=1S/C23H29N5O3/c1-5-14(4)25-22(30)20-13-24-23(31-20)16-10-8-9-15(11-16)18-12-19(28-27-18)21(29)26-17(6-2)7-3/h8-14,17H,5-7H2,1-4H3,(H,25,30)(H,26,29)(H,27,28)/t14-/m0/s1. The van der Waals surface area contributed by atoms with Crippen molar-refractivity contribution in [3.8, 4) is 22.7 Å². The van der Waals surface area contributed by atoms with Crippen LogP contribution in [-0.2, 0) is 0 Å². The Hall–Kier alpha value is -3.42. The van der Waals surface area contributed by atoms with Gasteiger partial charge in [0.1, 0.15) is 5.69 Å². The van der Waals surface area contributed by atoms with Crippen LogP contribution in [0, 0.1) is 0 Å². The van der Waals surface area contributed by atoms with Crippen LogP contribution in [0.5, 0.6) is 0 Å².